The molecule has 1 rings (SSSR count). The molecule has 0 spiro atoms. The zero-order valence-corrected chi connectivity index (χ0v) is 8.66. The van der Waals surface area contributed by atoms with Crippen molar-refractivity contribution >= 4 is 0 Å². The van der Waals surface area contributed by atoms with Crippen LogP contribution in [0.3, 0.4) is 0 Å². The van der Waals surface area contributed by atoms with Gasteiger partial charge in [-0.05, 0) is 31.0 Å². The molecular weight excluding hydrogens is 174 g/mol. The van der Waals surface area contributed by atoms with Crippen LogP contribution in [0.5, 0.6) is 0 Å². The highest BCUT2D eigenvalue weighted by atomic mass is 16.5. The van der Waals surface area contributed by atoms with Gasteiger partial charge in [-0.25, -0.2) is 0 Å². The number of nitrogens with zero attached hydrogens (tertiary/aromatic N) is 1. The molecule has 0 fully saturated rings. The predicted molar refractivity (Wildman–Crippen MR) is 55.7 cm³/mol. The lowest BCUT2D eigenvalue weighted by Gasteiger charge is -2.10. The molecule has 1 aromatic carbocycles. The van der Waals surface area contributed by atoms with Gasteiger partial charge in [0, 0.05) is 0 Å². The van der Waals surface area contributed by atoms with E-state index in [0.717, 1.165) is 12.0 Å². The summed E-state index contributed by atoms with van der Waals surface area (Å²) < 4.78 is 5.57. The van der Waals surface area contributed by atoms with Crippen LogP contribution in [0.2, 0.25) is 0 Å². The number of nitriles is 1. The van der Waals surface area contributed by atoms with Crippen LogP contribution in [0.25, 0.3) is 0 Å². The normalized spacial score (nSPS) is 12.1. The van der Waals surface area contributed by atoms with E-state index in [1.165, 1.54) is 0 Å². The quantitative estimate of drug-likeness (QED) is 0.729. The Morgan fingerprint density at radius 3 is 2.50 bits per heavy atom. The van der Waals surface area contributed by atoms with Crippen molar-refractivity contribution in [3.05, 3.63) is 35.4 Å². The summed E-state index contributed by atoms with van der Waals surface area (Å²) in [6, 6.07) is 9.58. The Hall–Kier alpha value is -1.33. The van der Waals surface area contributed by atoms with Gasteiger partial charge in [-0.15, -0.1) is 0 Å². The smallest absolute Gasteiger partial charge is 0.0991 e. The van der Waals surface area contributed by atoms with Gasteiger partial charge in [-0.2, -0.15) is 5.26 Å². The van der Waals surface area contributed by atoms with Crippen molar-refractivity contribution in [3.63, 3.8) is 0 Å². The average Bonchev–Trinajstić information content (AvgIpc) is 2.26. The van der Waals surface area contributed by atoms with Gasteiger partial charge in [0.1, 0.15) is 0 Å². The van der Waals surface area contributed by atoms with E-state index in [2.05, 4.69) is 19.9 Å². The molecule has 0 radical (unpaired) electrons. The maximum absolute atomic E-state index is 8.60. The molecule has 0 aromatic heterocycles. The van der Waals surface area contributed by atoms with Crippen LogP contribution in [0.15, 0.2) is 24.3 Å². The molecule has 0 amide bonds. The minimum Gasteiger partial charge on any atom is -0.374 e. The Bertz CT molecular complexity index is 310. The monoisotopic (exact) mass is 189 g/mol. The fraction of sp³-hybridized carbons (Fsp3) is 0.417. The molecule has 0 aliphatic rings. The van der Waals surface area contributed by atoms with Gasteiger partial charge in [0.15, 0.2) is 0 Å². The van der Waals surface area contributed by atoms with Crippen LogP contribution in [0.4, 0.5) is 0 Å². The number of hydrogen-bond acceptors (Lipinski definition) is 2. The lowest BCUT2D eigenvalue weighted by atomic mass is 10.1. The maximum atomic E-state index is 8.60. The first-order valence-electron chi connectivity index (χ1n) is 4.87. The summed E-state index contributed by atoms with van der Waals surface area (Å²) in [4.78, 5) is 0. The molecular formula is C12H15NO. The van der Waals surface area contributed by atoms with E-state index in [0.29, 0.717) is 18.3 Å². The Kier molecular flexibility index (Phi) is 4.15. The molecule has 0 bridgehead atoms. The van der Waals surface area contributed by atoms with Crippen molar-refractivity contribution < 1.29 is 4.74 Å². The van der Waals surface area contributed by atoms with E-state index in [-0.39, 0.29) is 0 Å². The molecule has 0 heterocycles. The topological polar surface area (TPSA) is 33.0 Å². The third-order valence-electron chi connectivity index (χ3n) is 2.19. The van der Waals surface area contributed by atoms with Crippen molar-refractivity contribution in [1.29, 1.82) is 5.26 Å². The average molecular weight is 189 g/mol. The van der Waals surface area contributed by atoms with Gasteiger partial charge < -0.3 is 4.74 Å². The molecule has 0 saturated carbocycles. The fourth-order valence-electron chi connectivity index (χ4n) is 1.03. The van der Waals surface area contributed by atoms with Crippen molar-refractivity contribution in [2.45, 2.75) is 33.0 Å². The first kappa shape index (κ1) is 10.7. The SMILES string of the molecule is CCC(C)OCc1ccc(C#N)cc1. The van der Waals surface area contributed by atoms with Gasteiger partial charge in [0.2, 0.25) is 0 Å². The van der Waals surface area contributed by atoms with Crippen molar-refractivity contribution in [2.75, 3.05) is 0 Å². The second-order valence-electron chi connectivity index (χ2n) is 3.34. The van der Waals surface area contributed by atoms with E-state index in [4.69, 9.17) is 10.00 Å². The summed E-state index contributed by atoms with van der Waals surface area (Å²) in [5, 5.41) is 8.60. The van der Waals surface area contributed by atoms with E-state index >= 15 is 0 Å². The summed E-state index contributed by atoms with van der Waals surface area (Å²) in [7, 11) is 0. The highest BCUT2D eigenvalue weighted by molar-refractivity contribution is 5.31. The van der Waals surface area contributed by atoms with Crippen molar-refractivity contribution in [3.8, 4) is 6.07 Å². The zero-order valence-electron chi connectivity index (χ0n) is 8.66. The standard InChI is InChI=1S/C12H15NO/c1-3-10(2)14-9-12-6-4-11(8-13)5-7-12/h4-7,10H,3,9H2,1-2H3. The summed E-state index contributed by atoms with van der Waals surface area (Å²) in [5.74, 6) is 0. The summed E-state index contributed by atoms with van der Waals surface area (Å²) in [6.07, 6.45) is 1.32. The molecule has 2 nitrogen and oxygen atoms in total. The fourth-order valence-corrected chi connectivity index (χ4v) is 1.03. The van der Waals surface area contributed by atoms with E-state index < -0.39 is 0 Å². The minimum atomic E-state index is 0.297. The molecule has 1 unspecified atom stereocenters. The first-order chi connectivity index (χ1) is 6.76. The third kappa shape index (κ3) is 3.20. The van der Waals surface area contributed by atoms with Gasteiger partial charge in [-0.1, -0.05) is 19.1 Å². The molecule has 14 heavy (non-hydrogen) atoms. The molecule has 0 N–H and O–H groups in total. The summed E-state index contributed by atoms with van der Waals surface area (Å²) in [5.41, 5.74) is 1.81. The van der Waals surface area contributed by atoms with E-state index in [9.17, 15) is 0 Å². The Balaban J connectivity index is 2.49. The van der Waals surface area contributed by atoms with E-state index in [1.807, 2.05) is 24.3 Å². The number of hydrogen-bond donors (Lipinski definition) is 0. The summed E-state index contributed by atoms with van der Waals surface area (Å²) in [6.45, 7) is 4.79. The predicted octanol–water partition coefficient (Wildman–Crippen LogP) is 2.87. The van der Waals surface area contributed by atoms with Gasteiger partial charge in [0.25, 0.3) is 0 Å². The van der Waals surface area contributed by atoms with Crippen LogP contribution < -0.4 is 0 Å². The number of rotatable bonds is 4. The lowest BCUT2D eigenvalue weighted by molar-refractivity contribution is 0.0508. The van der Waals surface area contributed by atoms with Crippen LogP contribution in [0, 0.1) is 11.3 Å². The second kappa shape index (κ2) is 5.41. The third-order valence-corrected chi connectivity index (χ3v) is 2.19. The Morgan fingerprint density at radius 2 is 2.00 bits per heavy atom. The maximum Gasteiger partial charge on any atom is 0.0991 e. The Labute approximate surface area is 85.1 Å². The Morgan fingerprint density at radius 1 is 1.36 bits per heavy atom. The van der Waals surface area contributed by atoms with Crippen LogP contribution in [0.1, 0.15) is 31.4 Å². The van der Waals surface area contributed by atoms with Gasteiger partial charge in [0.05, 0.1) is 24.3 Å². The van der Waals surface area contributed by atoms with Crippen molar-refractivity contribution in [2.24, 2.45) is 0 Å². The lowest BCUT2D eigenvalue weighted by Crippen LogP contribution is -2.05. The highest BCUT2D eigenvalue weighted by Crippen LogP contribution is 2.07. The zero-order chi connectivity index (χ0) is 10.4. The highest BCUT2D eigenvalue weighted by Gasteiger charge is 1.99. The summed E-state index contributed by atoms with van der Waals surface area (Å²) >= 11 is 0. The van der Waals surface area contributed by atoms with E-state index in [1.54, 1.807) is 0 Å². The molecule has 2 heteroatoms. The molecule has 1 atom stereocenters. The molecule has 1 aromatic rings. The van der Waals surface area contributed by atoms with Crippen molar-refractivity contribution in [1.82, 2.24) is 0 Å². The molecule has 0 saturated heterocycles. The number of ether oxygens (including phenoxy) is 1. The largest absolute Gasteiger partial charge is 0.374 e. The van der Waals surface area contributed by atoms with Crippen LogP contribution >= 0.6 is 0 Å². The van der Waals surface area contributed by atoms with Crippen LogP contribution in [-0.2, 0) is 11.3 Å². The second-order valence-corrected chi connectivity index (χ2v) is 3.34. The minimum absolute atomic E-state index is 0.297. The molecule has 74 valence electrons. The molecule has 0 aliphatic heterocycles. The van der Waals surface area contributed by atoms with Crippen LogP contribution in [-0.4, -0.2) is 6.10 Å². The van der Waals surface area contributed by atoms with Gasteiger partial charge in [-0.3, -0.25) is 0 Å². The molecule has 0 aliphatic carbocycles. The number of benzene rings is 1. The van der Waals surface area contributed by atoms with Gasteiger partial charge >= 0.3 is 0 Å². The first-order valence-corrected chi connectivity index (χ1v) is 4.87.